The van der Waals surface area contributed by atoms with E-state index in [-0.39, 0.29) is 0 Å². The first-order valence-electron chi connectivity index (χ1n) is 10.5. The molecule has 2 aromatic carbocycles. The van der Waals surface area contributed by atoms with E-state index in [2.05, 4.69) is 39.8 Å². The number of aldehydes is 1. The smallest absolute Gasteiger partial charge is 0.146 e. The normalized spacial score (nSPS) is 17.5. The van der Waals surface area contributed by atoms with Crippen LogP contribution in [0.15, 0.2) is 66.9 Å². The molecule has 0 amide bonds. The molecular weight excluding hydrogens is 388 g/mol. The van der Waals surface area contributed by atoms with Crippen LogP contribution < -0.4 is 15.5 Å². The first-order chi connectivity index (χ1) is 15.3. The Balaban J connectivity index is 1.50. The van der Waals surface area contributed by atoms with Crippen LogP contribution >= 0.6 is 0 Å². The minimum Gasteiger partial charge on any atom is -0.378 e. The predicted octanol–water partition coefficient (Wildman–Crippen LogP) is 4.14. The van der Waals surface area contributed by atoms with Crippen molar-refractivity contribution in [1.29, 1.82) is 0 Å². The maximum Gasteiger partial charge on any atom is 0.146 e. The first-order valence-corrected chi connectivity index (χ1v) is 10.5. The number of hydrogen-bond acceptors (Lipinski definition) is 6. The van der Waals surface area contributed by atoms with Crippen LogP contribution in [0, 0.1) is 0 Å². The Morgan fingerprint density at radius 1 is 1.06 bits per heavy atom. The number of anilines is 3. The summed E-state index contributed by atoms with van der Waals surface area (Å²) in [6, 6.07) is 20.0. The highest BCUT2D eigenvalue weighted by Crippen LogP contribution is 2.34. The van der Waals surface area contributed by atoms with E-state index in [0.717, 1.165) is 60.7 Å². The van der Waals surface area contributed by atoms with Gasteiger partial charge in [0.1, 0.15) is 18.1 Å². The lowest BCUT2D eigenvalue weighted by Crippen LogP contribution is -2.36. The van der Waals surface area contributed by atoms with Gasteiger partial charge in [-0.1, -0.05) is 30.3 Å². The molecule has 5 rings (SSSR count). The predicted molar refractivity (Wildman–Crippen MR) is 123 cm³/mol. The Hall–Kier alpha value is -3.64. The quantitative estimate of drug-likeness (QED) is 0.614. The van der Waals surface area contributed by atoms with E-state index >= 15 is 0 Å². The molecule has 156 valence electrons. The fraction of sp³-hybridized carbons (Fsp3) is 0.200. The van der Waals surface area contributed by atoms with Crippen molar-refractivity contribution in [1.82, 2.24) is 10.3 Å². The van der Waals surface area contributed by atoms with Gasteiger partial charge in [0.25, 0.3) is 0 Å². The molecule has 2 aliphatic heterocycles. The number of carbonyl (C=O) groups is 1. The Morgan fingerprint density at radius 2 is 1.84 bits per heavy atom. The Kier molecular flexibility index (Phi) is 5.37. The summed E-state index contributed by atoms with van der Waals surface area (Å²) in [6.07, 6.45) is 4.71. The number of hydrogen-bond donors (Lipinski definition) is 2. The highest BCUT2D eigenvalue weighted by Gasteiger charge is 2.23. The molecule has 6 nitrogen and oxygen atoms in total. The number of benzene rings is 2. The van der Waals surface area contributed by atoms with Crippen LogP contribution in [-0.4, -0.2) is 37.6 Å². The van der Waals surface area contributed by atoms with Gasteiger partial charge in [0.05, 0.1) is 18.9 Å². The van der Waals surface area contributed by atoms with Crippen LogP contribution in [0.4, 0.5) is 17.2 Å². The molecule has 1 atom stereocenters. The number of nitrogens with zero attached hydrogens (tertiary/aromatic N) is 2. The zero-order valence-electron chi connectivity index (χ0n) is 17.1. The van der Waals surface area contributed by atoms with Crippen LogP contribution in [-0.2, 0) is 9.53 Å². The molecular formula is C25H24N4O2. The zero-order valence-corrected chi connectivity index (χ0v) is 17.1. The van der Waals surface area contributed by atoms with E-state index in [1.54, 1.807) is 0 Å². The minimum atomic E-state index is -0.438. The van der Waals surface area contributed by atoms with E-state index in [9.17, 15) is 4.79 Å². The van der Waals surface area contributed by atoms with Crippen LogP contribution in [0.3, 0.4) is 0 Å². The molecule has 1 saturated heterocycles. The van der Waals surface area contributed by atoms with E-state index < -0.39 is 6.04 Å². The molecule has 1 fully saturated rings. The molecule has 2 aliphatic rings. The maximum absolute atomic E-state index is 11.7. The standard InChI is InChI=1S/C25H24N4O2/c30-17-23-24-19(10-11-26-23)16-22(18-4-2-1-3-5-18)28-25(24)27-20-6-8-21(9-7-20)29-12-14-31-15-13-29/h1-11,16-17,23,26H,12-15H2,(H,27,28). The van der Waals surface area contributed by atoms with Crippen molar-refractivity contribution in [3.63, 3.8) is 0 Å². The van der Waals surface area contributed by atoms with Crippen molar-refractivity contribution in [2.45, 2.75) is 6.04 Å². The summed E-state index contributed by atoms with van der Waals surface area (Å²) in [4.78, 5) is 18.9. The topological polar surface area (TPSA) is 66.5 Å². The number of aromatic nitrogens is 1. The molecule has 31 heavy (non-hydrogen) atoms. The van der Waals surface area contributed by atoms with E-state index in [0.29, 0.717) is 5.82 Å². The number of rotatable bonds is 5. The number of fused-ring (bicyclic) bond motifs is 1. The highest BCUT2D eigenvalue weighted by atomic mass is 16.5. The van der Waals surface area contributed by atoms with Crippen molar-refractivity contribution < 1.29 is 9.53 Å². The number of pyridine rings is 1. The van der Waals surface area contributed by atoms with Crippen LogP contribution in [0.5, 0.6) is 0 Å². The minimum absolute atomic E-state index is 0.438. The van der Waals surface area contributed by atoms with Crippen LogP contribution in [0.2, 0.25) is 0 Å². The number of nitrogens with one attached hydrogen (secondary N) is 2. The summed E-state index contributed by atoms with van der Waals surface area (Å²) in [6.45, 7) is 3.33. The first kappa shape index (κ1) is 19.3. The van der Waals surface area contributed by atoms with Gasteiger partial charge in [-0.2, -0.15) is 0 Å². The molecule has 0 bridgehead atoms. The largest absolute Gasteiger partial charge is 0.378 e. The Labute approximate surface area is 181 Å². The maximum atomic E-state index is 11.7. The second-order valence-electron chi connectivity index (χ2n) is 7.61. The number of morpholine rings is 1. The lowest BCUT2D eigenvalue weighted by molar-refractivity contribution is -0.109. The Bertz CT molecular complexity index is 1090. The number of carbonyl (C=O) groups excluding carboxylic acids is 1. The second-order valence-corrected chi connectivity index (χ2v) is 7.61. The van der Waals surface area contributed by atoms with Gasteiger partial charge in [-0.05, 0) is 48.2 Å². The van der Waals surface area contributed by atoms with Crippen LogP contribution in [0.25, 0.3) is 17.3 Å². The van der Waals surface area contributed by atoms with Gasteiger partial charge < -0.3 is 25.1 Å². The molecule has 0 spiro atoms. The van der Waals surface area contributed by atoms with Crippen molar-refractivity contribution in [2.75, 3.05) is 36.5 Å². The third kappa shape index (κ3) is 4.02. The lowest BCUT2D eigenvalue weighted by atomic mass is 9.97. The Morgan fingerprint density at radius 3 is 2.58 bits per heavy atom. The van der Waals surface area contributed by atoms with Gasteiger partial charge in [0.15, 0.2) is 0 Å². The van der Waals surface area contributed by atoms with E-state index in [1.807, 2.05) is 48.7 Å². The number of ether oxygens (including phenoxy) is 1. The van der Waals surface area contributed by atoms with Crippen molar-refractivity contribution in [3.8, 4) is 11.3 Å². The third-order valence-corrected chi connectivity index (χ3v) is 5.65. The molecule has 1 unspecified atom stereocenters. The van der Waals surface area contributed by atoms with E-state index in [4.69, 9.17) is 9.72 Å². The van der Waals surface area contributed by atoms with Gasteiger partial charge in [0, 0.05) is 35.6 Å². The fourth-order valence-electron chi connectivity index (χ4n) is 4.04. The van der Waals surface area contributed by atoms with Gasteiger partial charge >= 0.3 is 0 Å². The second kappa shape index (κ2) is 8.62. The van der Waals surface area contributed by atoms with Crippen molar-refractivity contribution in [2.24, 2.45) is 0 Å². The molecule has 3 heterocycles. The van der Waals surface area contributed by atoms with Gasteiger partial charge in [-0.25, -0.2) is 4.98 Å². The third-order valence-electron chi connectivity index (χ3n) is 5.65. The summed E-state index contributed by atoms with van der Waals surface area (Å²) in [7, 11) is 0. The average molecular weight is 412 g/mol. The van der Waals surface area contributed by atoms with Gasteiger partial charge in [-0.3, -0.25) is 0 Å². The molecule has 2 N–H and O–H groups in total. The summed E-state index contributed by atoms with van der Waals surface area (Å²) < 4.78 is 5.44. The summed E-state index contributed by atoms with van der Waals surface area (Å²) in [5, 5.41) is 6.56. The molecule has 0 saturated carbocycles. The summed E-state index contributed by atoms with van der Waals surface area (Å²) in [5.74, 6) is 0.685. The monoisotopic (exact) mass is 412 g/mol. The summed E-state index contributed by atoms with van der Waals surface area (Å²) >= 11 is 0. The van der Waals surface area contributed by atoms with Crippen molar-refractivity contribution in [3.05, 3.63) is 78.0 Å². The molecule has 3 aromatic rings. The van der Waals surface area contributed by atoms with Crippen molar-refractivity contribution >= 4 is 29.6 Å². The molecule has 0 radical (unpaired) electrons. The lowest BCUT2D eigenvalue weighted by Gasteiger charge is -2.29. The SMILES string of the molecule is O=CC1NC=Cc2cc(-c3ccccc3)nc(Nc3ccc(N4CCOCC4)cc3)c21. The van der Waals surface area contributed by atoms with E-state index in [1.165, 1.54) is 5.69 Å². The average Bonchev–Trinajstić information content (AvgIpc) is 2.85. The molecule has 1 aromatic heterocycles. The van der Waals surface area contributed by atoms with Crippen LogP contribution in [0.1, 0.15) is 17.2 Å². The van der Waals surface area contributed by atoms with Gasteiger partial charge in [0.2, 0.25) is 0 Å². The zero-order chi connectivity index (χ0) is 21.0. The molecule has 6 heteroatoms. The fourth-order valence-corrected chi connectivity index (χ4v) is 4.04. The van der Waals surface area contributed by atoms with Gasteiger partial charge in [-0.15, -0.1) is 0 Å². The summed E-state index contributed by atoms with van der Waals surface area (Å²) in [5.41, 5.74) is 5.84. The highest BCUT2D eigenvalue weighted by molar-refractivity contribution is 5.80. The molecule has 0 aliphatic carbocycles.